The van der Waals surface area contributed by atoms with Crippen LogP contribution in [0.2, 0.25) is 0 Å². The van der Waals surface area contributed by atoms with Crippen LogP contribution in [0.4, 0.5) is 5.69 Å². The maximum Gasteiger partial charge on any atom is 0.262 e. The van der Waals surface area contributed by atoms with Gasteiger partial charge in [-0.25, -0.2) is 0 Å². The topological polar surface area (TPSA) is 62.6 Å². The molecule has 1 aromatic carbocycles. The summed E-state index contributed by atoms with van der Waals surface area (Å²) in [4.78, 5) is 26.8. The number of anilines is 1. The average Bonchev–Trinajstić information content (AvgIpc) is 2.53. The number of thioether (sulfide) groups is 1. The Morgan fingerprint density at radius 3 is 2.91 bits per heavy atom. The molecule has 0 spiro atoms. The van der Waals surface area contributed by atoms with E-state index in [9.17, 15) is 9.59 Å². The second-order valence-electron chi connectivity index (χ2n) is 5.66. The quantitative estimate of drug-likeness (QED) is 0.653. The SMILES string of the molecule is CCCC[NH+](C)CCNC(=O)C=C1Sc2ccccc2NC1=O. The smallest absolute Gasteiger partial charge is 0.262 e. The first-order chi connectivity index (χ1) is 11.1. The molecule has 124 valence electrons. The van der Waals surface area contributed by atoms with Gasteiger partial charge in [0, 0.05) is 11.0 Å². The zero-order valence-corrected chi connectivity index (χ0v) is 14.5. The molecule has 0 saturated carbocycles. The Hall–Kier alpha value is -1.79. The van der Waals surface area contributed by atoms with E-state index in [1.165, 1.54) is 35.6 Å². The molecule has 0 radical (unpaired) electrons. The van der Waals surface area contributed by atoms with E-state index in [-0.39, 0.29) is 11.8 Å². The Bertz CT molecular complexity index is 601. The fourth-order valence-electron chi connectivity index (χ4n) is 2.28. The lowest BCUT2D eigenvalue weighted by atomic mass is 10.3. The van der Waals surface area contributed by atoms with E-state index in [2.05, 4.69) is 24.6 Å². The molecule has 0 aromatic heterocycles. The number of hydrogen-bond donors (Lipinski definition) is 3. The van der Waals surface area contributed by atoms with Crippen LogP contribution in [-0.2, 0) is 9.59 Å². The Morgan fingerprint density at radius 1 is 1.35 bits per heavy atom. The number of carbonyl (C=O) groups is 2. The second kappa shape index (κ2) is 8.74. The van der Waals surface area contributed by atoms with Crippen molar-refractivity contribution in [1.29, 1.82) is 0 Å². The highest BCUT2D eigenvalue weighted by molar-refractivity contribution is 8.04. The number of hydrogen-bond acceptors (Lipinski definition) is 3. The summed E-state index contributed by atoms with van der Waals surface area (Å²) in [6.45, 7) is 4.78. The van der Waals surface area contributed by atoms with Crippen molar-refractivity contribution in [3.05, 3.63) is 35.2 Å². The summed E-state index contributed by atoms with van der Waals surface area (Å²) in [6.07, 6.45) is 3.76. The van der Waals surface area contributed by atoms with E-state index in [1.54, 1.807) is 0 Å². The number of benzene rings is 1. The number of likely N-dealkylation sites (N-methyl/N-ethyl adjacent to an activating group) is 1. The lowest BCUT2D eigenvalue weighted by Gasteiger charge is -2.18. The van der Waals surface area contributed by atoms with Crippen molar-refractivity contribution in [2.75, 3.05) is 32.0 Å². The zero-order valence-electron chi connectivity index (χ0n) is 13.6. The molecular formula is C17H24N3O2S+. The van der Waals surface area contributed by atoms with Gasteiger partial charge < -0.3 is 15.5 Å². The molecule has 23 heavy (non-hydrogen) atoms. The first-order valence-corrected chi connectivity index (χ1v) is 8.81. The Kier molecular flexibility index (Phi) is 6.67. The van der Waals surface area contributed by atoms with Crippen LogP contribution in [0.15, 0.2) is 40.1 Å². The van der Waals surface area contributed by atoms with Crippen LogP contribution in [0.3, 0.4) is 0 Å². The molecule has 1 heterocycles. The van der Waals surface area contributed by atoms with Gasteiger partial charge in [-0.15, -0.1) is 0 Å². The highest BCUT2D eigenvalue weighted by atomic mass is 32.2. The molecule has 2 amide bonds. The fourth-order valence-corrected chi connectivity index (χ4v) is 3.20. The summed E-state index contributed by atoms with van der Waals surface area (Å²) in [5, 5.41) is 5.65. The molecule has 0 aliphatic carbocycles. The monoisotopic (exact) mass is 334 g/mol. The number of amides is 2. The lowest BCUT2D eigenvalue weighted by molar-refractivity contribution is -0.878. The minimum absolute atomic E-state index is 0.217. The molecule has 1 aromatic rings. The van der Waals surface area contributed by atoms with Crippen molar-refractivity contribution in [1.82, 2.24) is 5.32 Å². The third kappa shape index (κ3) is 5.41. The van der Waals surface area contributed by atoms with Crippen LogP contribution in [0.25, 0.3) is 0 Å². The highest BCUT2D eigenvalue weighted by Gasteiger charge is 2.21. The van der Waals surface area contributed by atoms with Crippen molar-refractivity contribution in [2.24, 2.45) is 0 Å². The second-order valence-corrected chi connectivity index (χ2v) is 6.75. The van der Waals surface area contributed by atoms with E-state index in [0.29, 0.717) is 11.4 Å². The minimum Gasteiger partial charge on any atom is -0.347 e. The third-order valence-corrected chi connectivity index (χ3v) is 4.75. The molecule has 3 N–H and O–H groups in total. The van der Waals surface area contributed by atoms with Gasteiger partial charge in [0.25, 0.3) is 5.91 Å². The van der Waals surface area contributed by atoms with Gasteiger partial charge >= 0.3 is 0 Å². The Labute approximate surface area is 141 Å². The van der Waals surface area contributed by atoms with Crippen LogP contribution in [0, 0.1) is 0 Å². The van der Waals surface area contributed by atoms with Gasteiger partial charge in [-0.1, -0.05) is 37.2 Å². The number of nitrogens with one attached hydrogen (secondary N) is 3. The summed E-state index contributed by atoms with van der Waals surface area (Å²) in [5.74, 6) is -0.445. The van der Waals surface area contributed by atoms with E-state index in [4.69, 9.17) is 0 Å². The lowest BCUT2D eigenvalue weighted by Crippen LogP contribution is -3.09. The number of para-hydroxylation sites is 1. The molecule has 2 rings (SSSR count). The first-order valence-electron chi connectivity index (χ1n) is 7.99. The van der Waals surface area contributed by atoms with Gasteiger partial charge in [0.1, 0.15) is 0 Å². The molecule has 0 saturated heterocycles. The van der Waals surface area contributed by atoms with Gasteiger partial charge in [-0.3, -0.25) is 9.59 Å². The normalized spacial score (nSPS) is 16.6. The Morgan fingerprint density at radius 2 is 2.13 bits per heavy atom. The number of fused-ring (bicyclic) bond motifs is 1. The van der Waals surface area contributed by atoms with Gasteiger partial charge in [0.2, 0.25) is 5.91 Å². The van der Waals surface area contributed by atoms with Crippen LogP contribution in [-0.4, -0.2) is 38.5 Å². The largest absolute Gasteiger partial charge is 0.347 e. The van der Waals surface area contributed by atoms with Crippen molar-refractivity contribution >= 4 is 29.3 Å². The predicted molar refractivity (Wildman–Crippen MR) is 93.6 cm³/mol. The van der Waals surface area contributed by atoms with Crippen LogP contribution >= 0.6 is 11.8 Å². The number of quaternary nitrogens is 1. The summed E-state index contributed by atoms with van der Waals surface area (Å²) < 4.78 is 0. The summed E-state index contributed by atoms with van der Waals surface area (Å²) in [7, 11) is 2.13. The maximum absolute atomic E-state index is 12.0. The molecular weight excluding hydrogens is 310 g/mol. The van der Waals surface area contributed by atoms with Crippen LogP contribution < -0.4 is 15.5 Å². The molecule has 1 aliphatic heterocycles. The van der Waals surface area contributed by atoms with Gasteiger partial charge in [0.05, 0.1) is 37.3 Å². The van der Waals surface area contributed by atoms with E-state index >= 15 is 0 Å². The van der Waals surface area contributed by atoms with E-state index in [1.807, 2.05) is 24.3 Å². The molecule has 6 heteroatoms. The number of rotatable bonds is 7. The van der Waals surface area contributed by atoms with Gasteiger partial charge in [0.15, 0.2) is 0 Å². The minimum atomic E-state index is -0.227. The summed E-state index contributed by atoms with van der Waals surface area (Å²) in [6, 6.07) is 7.57. The summed E-state index contributed by atoms with van der Waals surface area (Å²) >= 11 is 1.33. The number of unbranched alkanes of at least 4 members (excludes halogenated alkanes) is 1. The van der Waals surface area contributed by atoms with Crippen LogP contribution in [0.5, 0.6) is 0 Å². The fraction of sp³-hybridized carbons (Fsp3) is 0.412. The average molecular weight is 334 g/mol. The number of carbonyl (C=O) groups excluding carboxylic acids is 2. The zero-order chi connectivity index (χ0) is 16.7. The Balaban J connectivity index is 1.84. The van der Waals surface area contributed by atoms with Crippen LogP contribution in [0.1, 0.15) is 19.8 Å². The third-order valence-electron chi connectivity index (χ3n) is 3.65. The standard InChI is InChI=1S/C17H23N3O2S/c1-3-4-10-20(2)11-9-18-16(21)12-15-17(22)19-13-7-5-6-8-14(13)23-15/h5-8,12H,3-4,9-11H2,1-2H3,(H,18,21)(H,19,22)/p+1. The van der Waals surface area contributed by atoms with E-state index < -0.39 is 0 Å². The van der Waals surface area contributed by atoms with Gasteiger partial charge in [-0.2, -0.15) is 0 Å². The van der Waals surface area contributed by atoms with E-state index in [0.717, 1.165) is 23.7 Å². The summed E-state index contributed by atoms with van der Waals surface area (Å²) in [5.41, 5.74) is 0.793. The van der Waals surface area contributed by atoms with Crippen molar-refractivity contribution < 1.29 is 14.5 Å². The molecule has 1 unspecified atom stereocenters. The van der Waals surface area contributed by atoms with Crippen molar-refractivity contribution in [3.8, 4) is 0 Å². The van der Waals surface area contributed by atoms with Crippen molar-refractivity contribution in [3.63, 3.8) is 0 Å². The molecule has 0 fully saturated rings. The van der Waals surface area contributed by atoms with Crippen molar-refractivity contribution in [2.45, 2.75) is 24.7 Å². The van der Waals surface area contributed by atoms with Gasteiger partial charge in [-0.05, 0) is 18.6 Å². The predicted octanol–water partition coefficient (Wildman–Crippen LogP) is 1.05. The molecule has 1 atom stereocenters. The highest BCUT2D eigenvalue weighted by Crippen LogP contribution is 2.37. The first kappa shape index (κ1) is 17.6. The molecule has 5 nitrogen and oxygen atoms in total. The molecule has 0 bridgehead atoms. The maximum atomic E-state index is 12.0. The molecule has 1 aliphatic rings.